The van der Waals surface area contributed by atoms with E-state index in [9.17, 15) is 9.90 Å². The number of allylic oxidation sites excluding steroid dienone is 8. The van der Waals surface area contributed by atoms with Crippen molar-refractivity contribution >= 4 is 5.97 Å². The zero-order chi connectivity index (χ0) is 35.6. The highest BCUT2D eigenvalue weighted by molar-refractivity contribution is 5.69. The van der Waals surface area contributed by atoms with E-state index >= 15 is 0 Å². The Morgan fingerprint density at radius 1 is 0.490 bits per heavy atom. The van der Waals surface area contributed by atoms with Gasteiger partial charge in [0.2, 0.25) is 0 Å². The maximum Gasteiger partial charge on any atom is 0.306 e. The van der Waals surface area contributed by atoms with Gasteiger partial charge in [0.15, 0.2) is 0 Å². The molecule has 0 fully saturated rings. The monoisotopic (exact) mass is 687 g/mol. The maximum atomic E-state index is 12.1. The van der Waals surface area contributed by atoms with E-state index in [-0.39, 0.29) is 12.6 Å². The molecule has 0 saturated carbocycles. The molecule has 0 spiro atoms. The highest BCUT2D eigenvalue weighted by atomic mass is 16.6. The molecule has 0 radical (unpaired) electrons. The van der Waals surface area contributed by atoms with Gasteiger partial charge in [0.05, 0.1) is 13.2 Å². The molecule has 0 aliphatic heterocycles. The number of unbranched alkanes of at least 4 members (excludes halogenated alkanes) is 23. The van der Waals surface area contributed by atoms with Crippen LogP contribution in [0.5, 0.6) is 0 Å². The van der Waals surface area contributed by atoms with Crippen molar-refractivity contribution in [2.45, 2.75) is 213 Å². The highest BCUT2D eigenvalue weighted by Crippen LogP contribution is 2.13. The van der Waals surface area contributed by atoms with Crippen LogP contribution in [0.4, 0.5) is 0 Å². The highest BCUT2D eigenvalue weighted by Gasteiger charge is 2.13. The molecule has 0 amide bonds. The number of ether oxygens (including phenoxy) is 2. The number of hydrogen-bond donors (Lipinski definition) is 1. The summed E-state index contributed by atoms with van der Waals surface area (Å²) in [5.74, 6) is -0.213. The van der Waals surface area contributed by atoms with Gasteiger partial charge in [0.1, 0.15) is 6.10 Å². The fraction of sp³-hybridized carbons (Fsp3) is 0.800. The Hall–Kier alpha value is -1.65. The Labute approximate surface area is 305 Å². The molecule has 0 bridgehead atoms. The predicted molar refractivity (Wildman–Crippen MR) is 214 cm³/mol. The van der Waals surface area contributed by atoms with Crippen LogP contribution >= 0.6 is 0 Å². The number of carbonyl (C=O) groups excluding carboxylic acids is 1. The van der Waals surface area contributed by atoms with E-state index in [0.29, 0.717) is 19.6 Å². The maximum absolute atomic E-state index is 12.1. The lowest BCUT2D eigenvalue weighted by molar-refractivity contribution is -0.154. The summed E-state index contributed by atoms with van der Waals surface area (Å²) in [6.45, 7) is 5.29. The number of aliphatic hydroxyl groups is 1. The lowest BCUT2D eigenvalue weighted by Crippen LogP contribution is -2.27. The summed E-state index contributed by atoms with van der Waals surface area (Å²) in [5.41, 5.74) is 0. The Morgan fingerprint density at radius 2 is 0.878 bits per heavy atom. The summed E-state index contributed by atoms with van der Waals surface area (Å²) < 4.78 is 11.1. The second-order valence-corrected chi connectivity index (χ2v) is 14.1. The van der Waals surface area contributed by atoms with Crippen molar-refractivity contribution < 1.29 is 19.4 Å². The van der Waals surface area contributed by atoms with Gasteiger partial charge in [-0.15, -0.1) is 0 Å². The van der Waals surface area contributed by atoms with Crippen LogP contribution in [-0.4, -0.2) is 37.0 Å². The molecule has 0 aromatic rings. The van der Waals surface area contributed by atoms with E-state index in [1.807, 2.05) is 0 Å². The van der Waals surface area contributed by atoms with Crippen LogP contribution in [0.15, 0.2) is 48.6 Å². The molecule has 0 aromatic heterocycles. The van der Waals surface area contributed by atoms with Crippen LogP contribution in [0.3, 0.4) is 0 Å². The van der Waals surface area contributed by atoms with Gasteiger partial charge < -0.3 is 14.6 Å². The van der Waals surface area contributed by atoms with Gasteiger partial charge in [-0.2, -0.15) is 0 Å². The topological polar surface area (TPSA) is 55.8 Å². The first-order valence-corrected chi connectivity index (χ1v) is 21.2. The molecule has 286 valence electrons. The Bertz CT molecular complexity index is 768. The number of hydrogen-bond acceptors (Lipinski definition) is 4. The molecule has 0 aliphatic rings. The summed E-state index contributed by atoms with van der Waals surface area (Å²) in [4.78, 5) is 12.1. The second-order valence-electron chi connectivity index (χ2n) is 14.1. The summed E-state index contributed by atoms with van der Waals surface area (Å²) in [5, 5.41) is 9.57. The molecular formula is C45H82O4. The van der Waals surface area contributed by atoms with Crippen LogP contribution in [0.25, 0.3) is 0 Å². The predicted octanol–water partition coefficient (Wildman–Crippen LogP) is 13.9. The minimum Gasteiger partial charge on any atom is -0.457 e. The largest absolute Gasteiger partial charge is 0.457 e. The Balaban J connectivity index is 3.41. The third-order valence-corrected chi connectivity index (χ3v) is 9.13. The van der Waals surface area contributed by atoms with Crippen LogP contribution < -0.4 is 0 Å². The number of esters is 1. The van der Waals surface area contributed by atoms with Crippen LogP contribution in [0.1, 0.15) is 206 Å². The third kappa shape index (κ3) is 40.7. The molecular weight excluding hydrogens is 604 g/mol. The Morgan fingerprint density at radius 3 is 1.37 bits per heavy atom. The molecule has 1 atom stereocenters. The van der Waals surface area contributed by atoms with Crippen molar-refractivity contribution in [2.24, 2.45) is 0 Å². The normalized spacial score (nSPS) is 12.8. The quantitative estimate of drug-likeness (QED) is 0.0397. The molecule has 49 heavy (non-hydrogen) atoms. The van der Waals surface area contributed by atoms with Gasteiger partial charge in [0.25, 0.3) is 0 Å². The number of carbonyl (C=O) groups is 1. The molecule has 4 nitrogen and oxygen atoms in total. The molecule has 1 N–H and O–H groups in total. The summed E-state index contributed by atoms with van der Waals surface area (Å²) in [6, 6.07) is 0. The minimum atomic E-state index is -0.539. The SMILES string of the molecule is CCCC/C=C\CCCCCCCC(=O)OC(CO)COCCCCCCCCCCCCC/C=C\C/C=C\C/C=C\CCCCCCC. The average Bonchev–Trinajstić information content (AvgIpc) is 3.11. The summed E-state index contributed by atoms with van der Waals surface area (Å²) >= 11 is 0. The van der Waals surface area contributed by atoms with Gasteiger partial charge in [-0.1, -0.05) is 178 Å². The molecule has 0 heterocycles. The lowest BCUT2D eigenvalue weighted by atomic mass is 10.1. The van der Waals surface area contributed by atoms with E-state index in [1.165, 1.54) is 148 Å². The first kappa shape index (κ1) is 47.4. The van der Waals surface area contributed by atoms with Gasteiger partial charge in [-0.05, 0) is 70.6 Å². The van der Waals surface area contributed by atoms with Crippen molar-refractivity contribution in [3.8, 4) is 0 Å². The number of aliphatic hydroxyl groups excluding tert-OH is 1. The smallest absolute Gasteiger partial charge is 0.306 e. The molecule has 4 heteroatoms. The van der Waals surface area contributed by atoms with Gasteiger partial charge in [-0.3, -0.25) is 4.79 Å². The van der Waals surface area contributed by atoms with Crippen molar-refractivity contribution in [3.05, 3.63) is 48.6 Å². The lowest BCUT2D eigenvalue weighted by Gasteiger charge is -2.15. The zero-order valence-corrected chi connectivity index (χ0v) is 32.7. The van der Waals surface area contributed by atoms with Crippen molar-refractivity contribution in [2.75, 3.05) is 19.8 Å². The average molecular weight is 687 g/mol. The van der Waals surface area contributed by atoms with Gasteiger partial charge in [0, 0.05) is 13.0 Å². The minimum absolute atomic E-state index is 0.176. The van der Waals surface area contributed by atoms with Crippen molar-refractivity contribution in [3.63, 3.8) is 0 Å². The molecule has 0 aliphatic carbocycles. The molecule has 0 rings (SSSR count). The first-order chi connectivity index (χ1) is 24.2. The Kier molecular flexibility index (Phi) is 41.1. The van der Waals surface area contributed by atoms with E-state index in [1.54, 1.807) is 0 Å². The third-order valence-electron chi connectivity index (χ3n) is 9.13. The van der Waals surface area contributed by atoms with E-state index in [4.69, 9.17) is 9.47 Å². The van der Waals surface area contributed by atoms with E-state index in [0.717, 1.165) is 38.5 Å². The second kappa shape index (κ2) is 42.5. The van der Waals surface area contributed by atoms with Gasteiger partial charge in [-0.25, -0.2) is 0 Å². The molecule has 0 aromatic carbocycles. The standard InChI is InChI=1S/C45H82O4/c1-3-5-7-9-11-13-15-16-17-18-19-20-21-22-23-24-25-26-27-28-29-31-33-35-37-39-41-48-43-44(42-46)49-45(47)40-38-36-34-32-30-14-12-10-8-6-4-2/h10,12,15-16,18-19,21-22,44,46H,3-9,11,13-14,17,20,23-43H2,1-2H3/b12-10-,16-15-,19-18-,22-21-. The number of rotatable bonds is 39. The first-order valence-electron chi connectivity index (χ1n) is 21.2. The van der Waals surface area contributed by atoms with E-state index in [2.05, 4.69) is 62.5 Å². The van der Waals surface area contributed by atoms with Crippen LogP contribution in [-0.2, 0) is 14.3 Å². The zero-order valence-electron chi connectivity index (χ0n) is 32.7. The fourth-order valence-electron chi connectivity index (χ4n) is 5.90. The summed E-state index contributed by atoms with van der Waals surface area (Å²) in [6.07, 6.45) is 54.6. The van der Waals surface area contributed by atoms with Crippen LogP contribution in [0, 0.1) is 0 Å². The molecule has 1 unspecified atom stereocenters. The summed E-state index contributed by atoms with van der Waals surface area (Å²) in [7, 11) is 0. The molecule has 0 saturated heterocycles. The fourth-order valence-corrected chi connectivity index (χ4v) is 5.90. The van der Waals surface area contributed by atoms with Crippen LogP contribution in [0.2, 0.25) is 0 Å². The van der Waals surface area contributed by atoms with E-state index < -0.39 is 6.10 Å². The van der Waals surface area contributed by atoms with Gasteiger partial charge >= 0.3 is 5.97 Å². The van der Waals surface area contributed by atoms with Crippen molar-refractivity contribution in [1.29, 1.82) is 0 Å². The van der Waals surface area contributed by atoms with Crippen molar-refractivity contribution in [1.82, 2.24) is 0 Å².